The fourth-order valence-electron chi connectivity index (χ4n) is 1.89. The van der Waals surface area contributed by atoms with Crippen LogP contribution < -0.4 is 10.2 Å². The van der Waals surface area contributed by atoms with Gasteiger partial charge in [-0.25, -0.2) is 0 Å². The number of benzene rings is 1. The quantitative estimate of drug-likeness (QED) is 0.639. The molecule has 0 saturated carbocycles. The highest BCUT2D eigenvalue weighted by atomic mass is 32.1. The number of hydrogen-bond donors (Lipinski definition) is 1. The second-order valence-corrected chi connectivity index (χ2v) is 5.07. The largest absolute Gasteiger partial charge is 0.382 e. The summed E-state index contributed by atoms with van der Waals surface area (Å²) in [5, 5.41) is 4.01. The summed E-state index contributed by atoms with van der Waals surface area (Å²) in [5.41, 5.74) is 3.63. The molecule has 4 heteroatoms. The molecule has 0 radical (unpaired) electrons. The van der Waals surface area contributed by atoms with Crippen LogP contribution >= 0.6 is 12.2 Å². The summed E-state index contributed by atoms with van der Waals surface area (Å²) in [7, 11) is 1.99. The lowest BCUT2D eigenvalue weighted by Crippen LogP contribution is -2.37. The summed E-state index contributed by atoms with van der Waals surface area (Å²) in [5.74, 6) is 0. The molecule has 0 heterocycles. The van der Waals surface area contributed by atoms with Gasteiger partial charge in [-0.15, -0.1) is 0 Å². The minimum absolute atomic E-state index is 0.751. The Kier molecular flexibility index (Phi) is 6.81. The van der Waals surface area contributed by atoms with Crippen LogP contribution in [0.15, 0.2) is 18.2 Å². The van der Waals surface area contributed by atoms with Crippen LogP contribution in [0.1, 0.15) is 24.5 Å². The van der Waals surface area contributed by atoms with Gasteiger partial charge in [-0.1, -0.05) is 6.07 Å². The Hall–Kier alpha value is -1.13. The first kappa shape index (κ1) is 15.9. The lowest BCUT2D eigenvalue weighted by molar-refractivity contribution is 0.146. The van der Waals surface area contributed by atoms with Gasteiger partial charge < -0.3 is 15.0 Å². The summed E-state index contributed by atoms with van der Waals surface area (Å²) in [6.07, 6.45) is 0.967. The first-order chi connectivity index (χ1) is 9.04. The van der Waals surface area contributed by atoms with Crippen LogP contribution in [0.4, 0.5) is 5.69 Å². The predicted molar refractivity (Wildman–Crippen MR) is 86.0 cm³/mol. The molecular weight excluding hydrogens is 256 g/mol. The van der Waals surface area contributed by atoms with Crippen molar-refractivity contribution in [2.75, 3.05) is 31.7 Å². The molecule has 0 aliphatic rings. The molecule has 0 atom stereocenters. The molecule has 0 aliphatic carbocycles. The van der Waals surface area contributed by atoms with E-state index in [0.717, 1.165) is 37.0 Å². The van der Waals surface area contributed by atoms with Gasteiger partial charge in [-0.2, -0.15) is 0 Å². The zero-order chi connectivity index (χ0) is 14.3. The van der Waals surface area contributed by atoms with Gasteiger partial charge in [0.1, 0.15) is 0 Å². The number of hydrogen-bond acceptors (Lipinski definition) is 2. The molecular formula is C15H24N2OS. The van der Waals surface area contributed by atoms with Crippen LogP contribution in [-0.2, 0) is 4.74 Å². The van der Waals surface area contributed by atoms with Crippen molar-refractivity contribution in [2.45, 2.75) is 27.2 Å². The van der Waals surface area contributed by atoms with Gasteiger partial charge in [0.05, 0.1) is 0 Å². The van der Waals surface area contributed by atoms with Crippen molar-refractivity contribution >= 4 is 23.0 Å². The standard InChI is InChI=1S/C15H24N2OS/c1-5-18-8-6-7-16-15(19)17(4)14-10-12(2)9-13(3)11-14/h9-11H,5-8H2,1-4H3,(H,16,19). The SMILES string of the molecule is CCOCCCNC(=S)N(C)c1cc(C)cc(C)c1. The first-order valence-electron chi connectivity index (χ1n) is 6.72. The Morgan fingerprint density at radius 3 is 2.47 bits per heavy atom. The number of anilines is 1. The van der Waals surface area contributed by atoms with E-state index >= 15 is 0 Å². The molecule has 0 fully saturated rings. The van der Waals surface area contributed by atoms with E-state index in [-0.39, 0.29) is 0 Å². The lowest BCUT2D eigenvalue weighted by Gasteiger charge is -2.22. The summed E-state index contributed by atoms with van der Waals surface area (Å²) < 4.78 is 5.30. The molecule has 1 rings (SSSR count). The Labute approximate surface area is 121 Å². The summed E-state index contributed by atoms with van der Waals surface area (Å²) >= 11 is 5.40. The highest BCUT2D eigenvalue weighted by Gasteiger charge is 2.07. The number of ether oxygens (including phenoxy) is 1. The van der Waals surface area contributed by atoms with Crippen molar-refractivity contribution in [3.63, 3.8) is 0 Å². The Morgan fingerprint density at radius 1 is 1.26 bits per heavy atom. The fourth-order valence-corrected chi connectivity index (χ4v) is 2.10. The zero-order valence-electron chi connectivity index (χ0n) is 12.3. The Bertz CT molecular complexity index is 400. The normalized spacial score (nSPS) is 10.3. The van der Waals surface area contributed by atoms with Gasteiger partial charge in [0.2, 0.25) is 0 Å². The number of nitrogens with zero attached hydrogens (tertiary/aromatic N) is 1. The second kappa shape index (κ2) is 8.12. The molecule has 19 heavy (non-hydrogen) atoms. The Balaban J connectivity index is 2.47. The van der Waals surface area contributed by atoms with E-state index in [1.165, 1.54) is 11.1 Å². The van der Waals surface area contributed by atoms with Gasteiger partial charge in [0, 0.05) is 32.5 Å². The molecule has 3 nitrogen and oxygen atoms in total. The maximum atomic E-state index is 5.40. The number of nitrogens with one attached hydrogen (secondary N) is 1. The van der Waals surface area contributed by atoms with E-state index in [0.29, 0.717) is 0 Å². The van der Waals surface area contributed by atoms with Crippen LogP contribution in [-0.4, -0.2) is 31.9 Å². The van der Waals surface area contributed by atoms with Crippen molar-refractivity contribution in [1.82, 2.24) is 5.32 Å². The molecule has 0 bridgehead atoms. The van der Waals surface area contributed by atoms with Gasteiger partial charge in [-0.3, -0.25) is 0 Å². The van der Waals surface area contributed by atoms with E-state index in [1.807, 2.05) is 18.9 Å². The van der Waals surface area contributed by atoms with Crippen molar-refractivity contribution < 1.29 is 4.74 Å². The maximum absolute atomic E-state index is 5.40. The van der Waals surface area contributed by atoms with Gasteiger partial charge in [0.25, 0.3) is 0 Å². The number of rotatable bonds is 6. The molecule has 1 aromatic carbocycles. The van der Waals surface area contributed by atoms with Gasteiger partial charge in [-0.05, 0) is 62.7 Å². The summed E-state index contributed by atoms with van der Waals surface area (Å²) in [4.78, 5) is 2.01. The minimum Gasteiger partial charge on any atom is -0.382 e. The summed E-state index contributed by atoms with van der Waals surface area (Å²) in [6, 6.07) is 6.44. The maximum Gasteiger partial charge on any atom is 0.173 e. The molecule has 0 unspecified atom stereocenters. The number of thiocarbonyl (C=S) groups is 1. The van der Waals surface area contributed by atoms with E-state index in [4.69, 9.17) is 17.0 Å². The van der Waals surface area contributed by atoms with Crippen molar-refractivity contribution in [3.05, 3.63) is 29.3 Å². The highest BCUT2D eigenvalue weighted by Crippen LogP contribution is 2.17. The van der Waals surface area contributed by atoms with Crippen LogP contribution in [0.5, 0.6) is 0 Å². The smallest absolute Gasteiger partial charge is 0.173 e. The predicted octanol–water partition coefficient (Wildman–Crippen LogP) is 3.04. The minimum atomic E-state index is 0.751. The van der Waals surface area contributed by atoms with Crippen molar-refractivity contribution in [3.8, 4) is 0 Å². The molecule has 0 aromatic heterocycles. The highest BCUT2D eigenvalue weighted by molar-refractivity contribution is 7.80. The van der Waals surface area contributed by atoms with Crippen LogP contribution in [0.3, 0.4) is 0 Å². The zero-order valence-corrected chi connectivity index (χ0v) is 13.1. The third kappa shape index (κ3) is 5.57. The van der Waals surface area contributed by atoms with Crippen LogP contribution in [0.2, 0.25) is 0 Å². The van der Waals surface area contributed by atoms with E-state index in [9.17, 15) is 0 Å². The van der Waals surface area contributed by atoms with Gasteiger partial charge >= 0.3 is 0 Å². The third-order valence-corrected chi connectivity index (χ3v) is 3.26. The molecule has 1 aromatic rings. The van der Waals surface area contributed by atoms with E-state index < -0.39 is 0 Å². The molecule has 106 valence electrons. The van der Waals surface area contributed by atoms with E-state index in [2.05, 4.69) is 37.4 Å². The molecule has 0 spiro atoms. The van der Waals surface area contributed by atoms with Crippen molar-refractivity contribution in [1.29, 1.82) is 0 Å². The van der Waals surface area contributed by atoms with E-state index in [1.54, 1.807) is 0 Å². The molecule has 0 aliphatic heterocycles. The van der Waals surface area contributed by atoms with Gasteiger partial charge in [0.15, 0.2) is 5.11 Å². The Morgan fingerprint density at radius 2 is 1.89 bits per heavy atom. The number of aryl methyl sites for hydroxylation is 2. The molecule has 0 saturated heterocycles. The van der Waals surface area contributed by atoms with Crippen molar-refractivity contribution in [2.24, 2.45) is 0 Å². The second-order valence-electron chi connectivity index (χ2n) is 4.69. The monoisotopic (exact) mass is 280 g/mol. The first-order valence-corrected chi connectivity index (χ1v) is 7.13. The average Bonchev–Trinajstić information content (AvgIpc) is 2.36. The fraction of sp³-hybridized carbons (Fsp3) is 0.533. The lowest BCUT2D eigenvalue weighted by atomic mass is 10.1. The van der Waals surface area contributed by atoms with Crippen LogP contribution in [0, 0.1) is 13.8 Å². The molecule has 1 N–H and O–H groups in total. The third-order valence-electron chi connectivity index (χ3n) is 2.84. The average molecular weight is 280 g/mol. The topological polar surface area (TPSA) is 24.5 Å². The summed E-state index contributed by atoms with van der Waals surface area (Å²) in [6.45, 7) is 8.60. The molecule has 0 amide bonds. The van der Waals surface area contributed by atoms with Crippen LogP contribution in [0.25, 0.3) is 0 Å².